The lowest BCUT2D eigenvalue weighted by Crippen LogP contribution is -2.40. The van der Waals surface area contributed by atoms with Crippen LogP contribution >= 0.6 is 7.82 Å². The van der Waals surface area contributed by atoms with Crippen LogP contribution in [-0.4, -0.2) is 48.2 Å². The van der Waals surface area contributed by atoms with Crippen LogP contribution < -0.4 is 0 Å². The van der Waals surface area contributed by atoms with Gasteiger partial charge in [-0.15, -0.1) is 0 Å². The highest BCUT2D eigenvalue weighted by molar-refractivity contribution is 7.48. The maximum atomic E-state index is 13.6. The van der Waals surface area contributed by atoms with Gasteiger partial charge in [-0.3, -0.25) is 28.1 Å². The first-order valence-electron chi connectivity index (χ1n) is 9.83. The third-order valence-corrected chi connectivity index (χ3v) is 6.74. The van der Waals surface area contributed by atoms with Crippen molar-refractivity contribution < 1.29 is 36.9 Å². The molecule has 10 heteroatoms. The van der Waals surface area contributed by atoms with E-state index >= 15 is 0 Å². The maximum Gasteiger partial charge on any atom is 0.475 e. The van der Waals surface area contributed by atoms with E-state index < -0.39 is 50.2 Å². The molecule has 1 aromatic carbocycles. The van der Waals surface area contributed by atoms with Crippen LogP contribution in [0, 0.1) is 6.92 Å². The molecule has 0 radical (unpaired) electrons. The molecule has 4 atom stereocenters. The number of carbonyl (C=O) groups excluding carboxylic acids is 2. The van der Waals surface area contributed by atoms with Gasteiger partial charge in [-0.2, -0.15) is 0 Å². The number of fused-ring (bicyclic) bond motifs is 1. The lowest BCUT2D eigenvalue weighted by Gasteiger charge is -2.30. The van der Waals surface area contributed by atoms with Gasteiger partial charge in [0, 0.05) is 12.6 Å². The minimum atomic E-state index is -3.74. The number of rotatable bonds is 6. The van der Waals surface area contributed by atoms with Crippen molar-refractivity contribution in [1.29, 1.82) is 0 Å². The molecule has 162 valence electrons. The fraction of sp³-hybridized carbons (Fsp3) is 0.500. The lowest BCUT2D eigenvalue weighted by atomic mass is 10.1. The molecule has 30 heavy (non-hydrogen) atoms. The van der Waals surface area contributed by atoms with Crippen LogP contribution in [0.15, 0.2) is 36.3 Å². The molecule has 0 spiro atoms. The molecule has 4 rings (SSSR count). The zero-order chi connectivity index (χ0) is 21.3. The minimum absolute atomic E-state index is 0.0242. The van der Waals surface area contributed by atoms with Crippen LogP contribution in [0.1, 0.15) is 30.4 Å². The largest absolute Gasteiger partial charge is 0.475 e. The molecule has 0 N–H and O–H groups in total. The summed E-state index contributed by atoms with van der Waals surface area (Å²) in [5, 5.41) is 0. The Morgan fingerprint density at radius 1 is 1.23 bits per heavy atom. The molecule has 1 aromatic rings. The fourth-order valence-electron chi connectivity index (χ4n) is 3.59. The Morgan fingerprint density at radius 3 is 2.77 bits per heavy atom. The van der Waals surface area contributed by atoms with Crippen molar-refractivity contribution in [3.05, 3.63) is 47.4 Å². The number of carbonyl (C=O) groups is 2. The van der Waals surface area contributed by atoms with E-state index in [1.807, 2.05) is 31.2 Å². The van der Waals surface area contributed by atoms with E-state index in [2.05, 4.69) is 0 Å². The Hall–Kier alpha value is -1.90. The molecule has 1 amide bonds. The minimum Gasteiger partial charge on any atom is -0.349 e. The molecular formula is C20H23FNO7P. The van der Waals surface area contributed by atoms with Gasteiger partial charge in [0.15, 0.2) is 5.83 Å². The number of ketones is 1. The Labute approximate surface area is 173 Å². The smallest absolute Gasteiger partial charge is 0.349 e. The SMILES string of the molecule is Cc1ccc(CCCOP2(=O)OC[C@H]3O[C@@H](N4C=C(F)C(=O)CC4=O)C[C@@H]3O2)cc1. The van der Waals surface area contributed by atoms with Crippen molar-refractivity contribution in [3.63, 3.8) is 0 Å². The number of Topliss-reactive ketones (excluding diaryl/α,β-unsaturated/α-hetero) is 1. The Bertz CT molecular complexity index is 903. The summed E-state index contributed by atoms with van der Waals surface area (Å²) in [4.78, 5) is 24.4. The molecule has 1 unspecified atom stereocenters. The summed E-state index contributed by atoms with van der Waals surface area (Å²) in [5.74, 6) is -2.40. The van der Waals surface area contributed by atoms with E-state index in [0.717, 1.165) is 23.1 Å². The van der Waals surface area contributed by atoms with E-state index in [4.69, 9.17) is 18.3 Å². The Kier molecular flexibility index (Phi) is 6.18. The van der Waals surface area contributed by atoms with Crippen molar-refractivity contribution in [2.24, 2.45) is 0 Å². The van der Waals surface area contributed by atoms with Gasteiger partial charge in [0.1, 0.15) is 18.4 Å². The molecule has 0 aromatic heterocycles. The zero-order valence-corrected chi connectivity index (χ0v) is 17.4. The van der Waals surface area contributed by atoms with Gasteiger partial charge in [-0.05, 0) is 25.3 Å². The predicted molar refractivity (Wildman–Crippen MR) is 103 cm³/mol. The number of halogens is 1. The monoisotopic (exact) mass is 439 g/mol. The van der Waals surface area contributed by atoms with Crippen molar-refractivity contribution in [2.45, 2.75) is 51.0 Å². The van der Waals surface area contributed by atoms with E-state index in [9.17, 15) is 18.5 Å². The van der Waals surface area contributed by atoms with Gasteiger partial charge in [0.05, 0.1) is 19.6 Å². The van der Waals surface area contributed by atoms with Crippen LogP contribution in [0.3, 0.4) is 0 Å². The number of hydrogen-bond donors (Lipinski definition) is 0. The van der Waals surface area contributed by atoms with Crippen molar-refractivity contribution in [2.75, 3.05) is 13.2 Å². The number of phosphoric acid groups is 1. The van der Waals surface area contributed by atoms with Crippen molar-refractivity contribution in [1.82, 2.24) is 4.90 Å². The van der Waals surface area contributed by atoms with Crippen LogP contribution in [-0.2, 0) is 38.9 Å². The average molecular weight is 439 g/mol. The van der Waals surface area contributed by atoms with Gasteiger partial charge in [0.25, 0.3) is 0 Å². The van der Waals surface area contributed by atoms with Crippen LogP contribution in [0.25, 0.3) is 0 Å². The molecule has 8 nitrogen and oxygen atoms in total. The van der Waals surface area contributed by atoms with Crippen molar-refractivity contribution in [3.8, 4) is 0 Å². The number of nitrogens with zero attached hydrogens (tertiary/aromatic N) is 1. The zero-order valence-electron chi connectivity index (χ0n) is 16.5. The third kappa shape index (κ3) is 4.71. The standard InChI is InChI=1S/C20H23FNO7P/c1-13-4-6-14(7-5-13)3-2-8-26-30(25)27-12-18-17(29-30)10-20(28-18)22-11-15(21)16(23)9-19(22)24/h4-7,11,17-18,20H,2-3,8-10,12H2,1H3/t17-,18+,20+,30?/m0/s1. The quantitative estimate of drug-likeness (QED) is 0.382. The molecule has 0 aliphatic carbocycles. The Morgan fingerprint density at radius 2 is 2.00 bits per heavy atom. The fourth-order valence-corrected chi connectivity index (χ4v) is 5.02. The third-order valence-electron chi connectivity index (χ3n) is 5.25. The number of aryl methyl sites for hydroxylation is 2. The highest BCUT2D eigenvalue weighted by atomic mass is 31.2. The first kappa shape index (κ1) is 21.3. The first-order valence-corrected chi connectivity index (χ1v) is 11.3. The second-order valence-electron chi connectivity index (χ2n) is 7.55. The van der Waals surface area contributed by atoms with Crippen LogP contribution in [0.4, 0.5) is 4.39 Å². The molecule has 2 saturated heterocycles. The van der Waals surface area contributed by atoms with Crippen LogP contribution in [0.5, 0.6) is 0 Å². The molecule has 3 aliphatic rings. The molecular weight excluding hydrogens is 416 g/mol. The summed E-state index contributed by atoms with van der Waals surface area (Å²) in [6, 6.07) is 8.15. The molecule has 0 bridgehead atoms. The maximum absolute atomic E-state index is 13.6. The normalized spacial score (nSPS) is 31.6. The number of ether oxygens (including phenoxy) is 1. The molecule has 3 heterocycles. The average Bonchev–Trinajstić information content (AvgIpc) is 3.12. The first-order chi connectivity index (χ1) is 14.3. The summed E-state index contributed by atoms with van der Waals surface area (Å²) in [5.41, 5.74) is 2.34. The summed E-state index contributed by atoms with van der Waals surface area (Å²) in [6.07, 6.45) is -0.102. The topological polar surface area (TPSA) is 91.4 Å². The van der Waals surface area contributed by atoms with Crippen LogP contribution in [0.2, 0.25) is 0 Å². The highest BCUT2D eigenvalue weighted by Gasteiger charge is 2.49. The summed E-state index contributed by atoms with van der Waals surface area (Å²) in [7, 11) is -3.74. The van der Waals surface area contributed by atoms with Gasteiger partial charge in [-0.25, -0.2) is 8.96 Å². The van der Waals surface area contributed by atoms with Gasteiger partial charge < -0.3 is 4.74 Å². The number of hydrogen-bond acceptors (Lipinski definition) is 7. The van der Waals surface area contributed by atoms with E-state index in [0.29, 0.717) is 6.42 Å². The van der Waals surface area contributed by atoms with E-state index in [1.165, 1.54) is 5.56 Å². The summed E-state index contributed by atoms with van der Waals surface area (Å²) in [6.45, 7) is 2.20. The number of phosphoric ester groups is 1. The second kappa shape index (κ2) is 8.69. The van der Waals surface area contributed by atoms with Crippen molar-refractivity contribution >= 4 is 19.5 Å². The second-order valence-corrected chi connectivity index (χ2v) is 9.17. The predicted octanol–water partition coefficient (Wildman–Crippen LogP) is 3.20. The summed E-state index contributed by atoms with van der Waals surface area (Å²) >= 11 is 0. The number of amides is 1. The van der Waals surface area contributed by atoms with Gasteiger partial charge in [-0.1, -0.05) is 29.8 Å². The van der Waals surface area contributed by atoms with Gasteiger partial charge >= 0.3 is 7.82 Å². The molecule has 3 aliphatic heterocycles. The van der Waals surface area contributed by atoms with Gasteiger partial charge in [0.2, 0.25) is 11.7 Å². The number of benzene rings is 1. The van der Waals surface area contributed by atoms with E-state index in [-0.39, 0.29) is 19.6 Å². The summed E-state index contributed by atoms with van der Waals surface area (Å²) < 4.78 is 48.3. The molecule has 0 saturated carbocycles. The van der Waals surface area contributed by atoms with E-state index in [1.54, 1.807) is 0 Å². The molecule has 2 fully saturated rings. The Balaban J connectivity index is 1.29. The highest BCUT2D eigenvalue weighted by Crippen LogP contribution is 2.56. The number of allylic oxidation sites excluding steroid dienone is 1. The lowest BCUT2D eigenvalue weighted by molar-refractivity contribution is -0.146.